The van der Waals surface area contributed by atoms with Crippen LogP contribution in [0.2, 0.25) is 0 Å². The number of rotatable bonds is 3. The molecule has 1 saturated heterocycles. The van der Waals surface area contributed by atoms with E-state index >= 15 is 0 Å². The Bertz CT molecular complexity index is 1500. The number of hydrogen-bond donors (Lipinski definition) is 0. The Morgan fingerprint density at radius 3 is 2.00 bits per heavy atom. The molecule has 2 heterocycles. The van der Waals surface area contributed by atoms with E-state index in [1.807, 2.05) is 0 Å². The lowest BCUT2D eigenvalue weighted by molar-refractivity contribution is 0.00578. The van der Waals surface area contributed by atoms with Crippen molar-refractivity contribution in [2.24, 2.45) is 0 Å². The second-order valence-electron chi connectivity index (χ2n) is 10.1. The van der Waals surface area contributed by atoms with Crippen molar-refractivity contribution in [3.63, 3.8) is 0 Å². The molecule has 0 amide bonds. The fourth-order valence-corrected chi connectivity index (χ4v) is 4.85. The van der Waals surface area contributed by atoms with E-state index in [9.17, 15) is 0 Å². The quantitative estimate of drug-likeness (QED) is 0.287. The first-order chi connectivity index (χ1) is 16.3. The van der Waals surface area contributed by atoms with Gasteiger partial charge in [0, 0.05) is 16.5 Å². The maximum absolute atomic E-state index is 6.30. The van der Waals surface area contributed by atoms with Gasteiger partial charge < -0.3 is 13.9 Å². The molecule has 34 heavy (non-hydrogen) atoms. The Morgan fingerprint density at radius 2 is 1.24 bits per heavy atom. The number of para-hydroxylation sites is 2. The minimum atomic E-state index is -0.371. The van der Waals surface area contributed by atoms with Crippen LogP contribution in [0, 0.1) is 0 Å². The first kappa shape index (κ1) is 21.2. The highest BCUT2D eigenvalue weighted by Gasteiger charge is 2.51. The number of aromatic nitrogens is 1. The number of fused-ring (bicyclic) bond motifs is 3. The average molecular weight is 445 g/mol. The van der Waals surface area contributed by atoms with E-state index in [2.05, 4.69) is 129 Å². The van der Waals surface area contributed by atoms with Gasteiger partial charge in [-0.3, -0.25) is 0 Å². The third-order valence-electron chi connectivity index (χ3n) is 7.43. The second-order valence-corrected chi connectivity index (χ2v) is 10.1. The molecule has 4 aromatic carbocycles. The van der Waals surface area contributed by atoms with Gasteiger partial charge in [-0.2, -0.15) is 0 Å². The summed E-state index contributed by atoms with van der Waals surface area (Å²) in [5.74, 6) is 0. The highest BCUT2D eigenvalue weighted by Crippen LogP contribution is 2.37. The lowest BCUT2D eigenvalue weighted by Gasteiger charge is -2.32. The van der Waals surface area contributed by atoms with E-state index < -0.39 is 0 Å². The summed E-state index contributed by atoms with van der Waals surface area (Å²) in [5.41, 5.74) is 6.23. The van der Waals surface area contributed by atoms with Crippen LogP contribution in [0.15, 0.2) is 97.1 Å². The van der Waals surface area contributed by atoms with Crippen LogP contribution in [-0.2, 0) is 9.31 Å². The van der Waals surface area contributed by atoms with Gasteiger partial charge in [0.15, 0.2) is 0 Å². The van der Waals surface area contributed by atoms with Crippen LogP contribution < -0.4 is 5.46 Å². The average Bonchev–Trinajstić information content (AvgIpc) is 3.29. The predicted octanol–water partition coefficient (Wildman–Crippen LogP) is 6.75. The Morgan fingerprint density at radius 1 is 0.588 bits per heavy atom. The highest BCUT2D eigenvalue weighted by atomic mass is 16.7. The van der Waals surface area contributed by atoms with Crippen LogP contribution in [0.3, 0.4) is 0 Å². The third kappa shape index (κ3) is 3.29. The van der Waals surface area contributed by atoms with Crippen molar-refractivity contribution in [3.8, 4) is 16.8 Å². The lowest BCUT2D eigenvalue weighted by atomic mass is 9.78. The Labute approximate surface area is 201 Å². The lowest BCUT2D eigenvalue weighted by Crippen LogP contribution is -2.41. The standard InChI is InChI=1S/C30H28BNO2/c1-29(2)30(3,4)34-31(33-29)23-12-10-11-21(19-23)22-17-18-26-25-15-8-9-16-27(25)32(28(26)20-22)24-13-6-5-7-14-24/h5-20H,1-4H3. The zero-order valence-electron chi connectivity index (χ0n) is 20.1. The minimum Gasteiger partial charge on any atom is -0.399 e. The van der Waals surface area contributed by atoms with Crippen LogP contribution in [0.5, 0.6) is 0 Å². The van der Waals surface area contributed by atoms with Crippen LogP contribution in [0.4, 0.5) is 0 Å². The molecule has 0 aliphatic carbocycles. The molecule has 5 aromatic rings. The first-order valence-corrected chi connectivity index (χ1v) is 11.9. The summed E-state index contributed by atoms with van der Waals surface area (Å²) in [7, 11) is -0.371. The van der Waals surface area contributed by atoms with Crippen LogP contribution in [-0.4, -0.2) is 22.9 Å². The van der Waals surface area contributed by atoms with Crippen molar-refractivity contribution in [2.75, 3.05) is 0 Å². The molecule has 168 valence electrons. The molecule has 0 spiro atoms. The monoisotopic (exact) mass is 445 g/mol. The fourth-order valence-electron chi connectivity index (χ4n) is 4.85. The Balaban J connectivity index is 1.49. The maximum atomic E-state index is 6.30. The number of benzene rings is 4. The van der Waals surface area contributed by atoms with E-state index in [0.717, 1.165) is 16.7 Å². The van der Waals surface area contributed by atoms with Gasteiger partial charge in [0.2, 0.25) is 0 Å². The van der Waals surface area contributed by atoms with Crippen LogP contribution in [0.1, 0.15) is 27.7 Å². The molecule has 0 saturated carbocycles. The molecule has 6 rings (SSSR count). The predicted molar refractivity (Wildman–Crippen MR) is 142 cm³/mol. The van der Waals surface area contributed by atoms with Gasteiger partial charge >= 0.3 is 7.12 Å². The molecule has 0 bridgehead atoms. The molecule has 0 unspecified atom stereocenters. The van der Waals surface area contributed by atoms with Crippen molar-refractivity contribution < 1.29 is 9.31 Å². The van der Waals surface area contributed by atoms with Gasteiger partial charge in [-0.25, -0.2) is 0 Å². The molecule has 0 N–H and O–H groups in total. The molecule has 0 radical (unpaired) electrons. The number of nitrogens with zero attached hydrogens (tertiary/aromatic N) is 1. The molecule has 3 nitrogen and oxygen atoms in total. The largest absolute Gasteiger partial charge is 0.494 e. The highest BCUT2D eigenvalue weighted by molar-refractivity contribution is 6.62. The molecular weight excluding hydrogens is 417 g/mol. The van der Waals surface area contributed by atoms with Crippen LogP contribution in [0.25, 0.3) is 38.6 Å². The fraction of sp³-hybridized carbons (Fsp3) is 0.200. The normalized spacial score (nSPS) is 17.0. The summed E-state index contributed by atoms with van der Waals surface area (Å²) in [6.45, 7) is 8.36. The summed E-state index contributed by atoms with van der Waals surface area (Å²) in [6.07, 6.45) is 0. The van der Waals surface area contributed by atoms with Crippen LogP contribution >= 0.6 is 0 Å². The van der Waals surface area contributed by atoms with E-state index in [-0.39, 0.29) is 18.3 Å². The smallest absolute Gasteiger partial charge is 0.399 e. The van der Waals surface area contributed by atoms with Crippen molar-refractivity contribution in [2.45, 2.75) is 38.9 Å². The SMILES string of the molecule is CC1(C)OB(c2cccc(-c3ccc4c5ccccc5n(-c5ccccc5)c4c3)c2)OC1(C)C. The summed E-state index contributed by atoms with van der Waals surface area (Å²) < 4.78 is 15.0. The summed E-state index contributed by atoms with van der Waals surface area (Å²) in [5, 5.41) is 2.52. The summed E-state index contributed by atoms with van der Waals surface area (Å²) in [4.78, 5) is 0. The van der Waals surface area contributed by atoms with E-state index in [4.69, 9.17) is 9.31 Å². The molecule has 4 heteroatoms. The van der Waals surface area contributed by atoms with Crippen molar-refractivity contribution in [3.05, 3.63) is 97.1 Å². The van der Waals surface area contributed by atoms with Gasteiger partial charge in [-0.05, 0) is 68.6 Å². The molecular formula is C30H28BNO2. The zero-order chi connectivity index (χ0) is 23.5. The zero-order valence-corrected chi connectivity index (χ0v) is 20.1. The van der Waals surface area contributed by atoms with E-state index in [1.165, 1.54) is 27.4 Å². The van der Waals surface area contributed by atoms with E-state index in [1.54, 1.807) is 0 Å². The Hall–Kier alpha value is -3.34. The summed E-state index contributed by atoms with van der Waals surface area (Å²) >= 11 is 0. The second kappa shape index (κ2) is 7.59. The van der Waals surface area contributed by atoms with Gasteiger partial charge in [0.25, 0.3) is 0 Å². The molecule has 1 fully saturated rings. The van der Waals surface area contributed by atoms with Crippen molar-refractivity contribution in [1.29, 1.82) is 0 Å². The van der Waals surface area contributed by atoms with Crippen molar-refractivity contribution in [1.82, 2.24) is 4.57 Å². The maximum Gasteiger partial charge on any atom is 0.494 e. The third-order valence-corrected chi connectivity index (χ3v) is 7.43. The van der Waals surface area contributed by atoms with Gasteiger partial charge in [-0.15, -0.1) is 0 Å². The van der Waals surface area contributed by atoms with Gasteiger partial charge in [-0.1, -0.05) is 72.8 Å². The number of hydrogen-bond acceptors (Lipinski definition) is 2. The van der Waals surface area contributed by atoms with Gasteiger partial charge in [0.1, 0.15) is 0 Å². The summed E-state index contributed by atoms with van der Waals surface area (Å²) in [6, 6.07) is 34.5. The Kier molecular flexibility index (Phi) is 4.74. The van der Waals surface area contributed by atoms with Crippen molar-refractivity contribution >= 4 is 34.4 Å². The van der Waals surface area contributed by atoms with Gasteiger partial charge in [0.05, 0.1) is 22.2 Å². The first-order valence-electron chi connectivity index (χ1n) is 11.9. The molecule has 1 aliphatic rings. The van der Waals surface area contributed by atoms with E-state index in [0.29, 0.717) is 0 Å². The minimum absolute atomic E-state index is 0.358. The topological polar surface area (TPSA) is 23.4 Å². The molecule has 0 atom stereocenters. The molecule has 1 aromatic heterocycles. The molecule has 1 aliphatic heterocycles.